The van der Waals surface area contributed by atoms with Crippen molar-refractivity contribution < 1.29 is 14.0 Å². The first-order chi connectivity index (χ1) is 13.1. The van der Waals surface area contributed by atoms with Gasteiger partial charge in [-0.25, -0.2) is 0 Å². The molecule has 4 heterocycles. The van der Waals surface area contributed by atoms with Crippen molar-refractivity contribution in [1.82, 2.24) is 15.1 Å². The molecule has 0 unspecified atom stereocenters. The van der Waals surface area contributed by atoms with E-state index < -0.39 is 0 Å². The summed E-state index contributed by atoms with van der Waals surface area (Å²) in [6.07, 6.45) is 5.81. The summed E-state index contributed by atoms with van der Waals surface area (Å²) in [5.74, 6) is 1.57. The highest BCUT2D eigenvalue weighted by atomic mass is 16.4. The zero-order valence-corrected chi connectivity index (χ0v) is 16.3. The Kier molecular flexibility index (Phi) is 5.26. The molecule has 3 fully saturated rings. The number of amides is 2. The number of likely N-dealkylation sites (tertiary alicyclic amines) is 2. The molecule has 27 heavy (non-hydrogen) atoms. The van der Waals surface area contributed by atoms with Gasteiger partial charge in [0.2, 0.25) is 5.91 Å². The van der Waals surface area contributed by atoms with Gasteiger partial charge in [0.1, 0.15) is 5.76 Å². The van der Waals surface area contributed by atoms with Crippen LogP contribution in [-0.2, 0) is 11.2 Å². The summed E-state index contributed by atoms with van der Waals surface area (Å²) in [5, 5.41) is 3.48. The van der Waals surface area contributed by atoms with Crippen LogP contribution in [0.25, 0.3) is 0 Å². The minimum absolute atomic E-state index is 0.0470. The van der Waals surface area contributed by atoms with Crippen LogP contribution in [0, 0.1) is 11.3 Å². The molecular formula is C21H31N3O3. The predicted molar refractivity (Wildman–Crippen MR) is 102 cm³/mol. The number of nitrogens with zero attached hydrogens (tertiary/aromatic N) is 2. The second-order valence-electron chi connectivity index (χ2n) is 8.44. The molecule has 0 atom stereocenters. The average Bonchev–Trinajstić information content (AvgIpc) is 3.37. The zero-order valence-electron chi connectivity index (χ0n) is 16.3. The van der Waals surface area contributed by atoms with Gasteiger partial charge in [0.15, 0.2) is 5.76 Å². The first-order valence-corrected chi connectivity index (χ1v) is 10.5. The van der Waals surface area contributed by atoms with Crippen molar-refractivity contribution in [2.75, 3.05) is 39.3 Å². The summed E-state index contributed by atoms with van der Waals surface area (Å²) >= 11 is 0. The molecule has 1 N–H and O–H groups in total. The van der Waals surface area contributed by atoms with E-state index in [1.54, 1.807) is 6.07 Å². The third-order valence-corrected chi connectivity index (χ3v) is 6.82. The van der Waals surface area contributed by atoms with Crippen LogP contribution in [0.1, 0.15) is 55.3 Å². The summed E-state index contributed by atoms with van der Waals surface area (Å²) in [4.78, 5) is 29.4. The summed E-state index contributed by atoms with van der Waals surface area (Å²) in [6, 6.07) is 3.63. The molecule has 148 valence electrons. The fourth-order valence-electron chi connectivity index (χ4n) is 4.85. The molecule has 3 aliphatic rings. The van der Waals surface area contributed by atoms with Gasteiger partial charge in [-0.1, -0.05) is 6.92 Å². The Labute approximate surface area is 161 Å². The first-order valence-electron chi connectivity index (χ1n) is 10.5. The fourth-order valence-corrected chi connectivity index (χ4v) is 4.85. The van der Waals surface area contributed by atoms with Crippen LogP contribution < -0.4 is 5.32 Å². The van der Waals surface area contributed by atoms with Crippen LogP contribution in [0.3, 0.4) is 0 Å². The maximum Gasteiger partial charge on any atom is 0.289 e. The summed E-state index contributed by atoms with van der Waals surface area (Å²) in [6.45, 7) is 7.31. The summed E-state index contributed by atoms with van der Waals surface area (Å²) in [5.41, 5.74) is 0.437. The van der Waals surface area contributed by atoms with E-state index in [2.05, 4.69) is 10.2 Å². The molecule has 0 radical (unpaired) electrons. The second-order valence-corrected chi connectivity index (χ2v) is 8.44. The normalized spacial score (nSPS) is 23.1. The largest absolute Gasteiger partial charge is 0.456 e. The van der Waals surface area contributed by atoms with Gasteiger partial charge in [-0.3, -0.25) is 9.59 Å². The van der Waals surface area contributed by atoms with Gasteiger partial charge in [-0.05, 0) is 56.2 Å². The molecule has 0 bridgehead atoms. The van der Waals surface area contributed by atoms with Crippen molar-refractivity contribution in [1.29, 1.82) is 0 Å². The van der Waals surface area contributed by atoms with Crippen LogP contribution in [0.5, 0.6) is 0 Å². The highest BCUT2D eigenvalue weighted by Gasteiger charge is 2.39. The van der Waals surface area contributed by atoms with E-state index in [4.69, 9.17) is 4.42 Å². The minimum atomic E-state index is -0.0470. The van der Waals surface area contributed by atoms with Crippen LogP contribution in [-0.4, -0.2) is 60.9 Å². The standard InChI is InChI=1S/C21H31N3O3/c1-2-17-3-4-18(27-17)20(26)23-11-5-16(6-12-23)19(25)24-13-8-21(9-14-24)7-10-22-15-21/h3-4,16,22H,2,5-15H2,1H3. The van der Waals surface area contributed by atoms with E-state index in [9.17, 15) is 9.59 Å². The quantitative estimate of drug-likeness (QED) is 0.883. The number of rotatable bonds is 3. The van der Waals surface area contributed by atoms with Gasteiger partial charge in [0, 0.05) is 45.1 Å². The molecule has 1 spiro atoms. The molecule has 2 amide bonds. The minimum Gasteiger partial charge on any atom is -0.456 e. The van der Waals surface area contributed by atoms with E-state index in [1.165, 1.54) is 6.42 Å². The Balaban J connectivity index is 1.27. The van der Waals surface area contributed by atoms with E-state index >= 15 is 0 Å². The molecule has 3 saturated heterocycles. The van der Waals surface area contributed by atoms with Gasteiger partial charge < -0.3 is 19.5 Å². The van der Waals surface area contributed by atoms with E-state index in [-0.39, 0.29) is 11.8 Å². The van der Waals surface area contributed by atoms with Crippen molar-refractivity contribution in [3.8, 4) is 0 Å². The van der Waals surface area contributed by atoms with Crippen LogP contribution in [0.4, 0.5) is 0 Å². The van der Waals surface area contributed by atoms with Crippen molar-refractivity contribution in [3.63, 3.8) is 0 Å². The lowest BCUT2D eigenvalue weighted by Crippen LogP contribution is -2.48. The van der Waals surface area contributed by atoms with Crippen LogP contribution >= 0.6 is 0 Å². The molecule has 6 heteroatoms. The maximum atomic E-state index is 12.9. The Morgan fingerprint density at radius 1 is 1.11 bits per heavy atom. The van der Waals surface area contributed by atoms with E-state index in [0.29, 0.717) is 30.2 Å². The number of hydrogen-bond acceptors (Lipinski definition) is 4. The van der Waals surface area contributed by atoms with Crippen molar-refractivity contribution >= 4 is 11.8 Å². The second kappa shape index (κ2) is 7.66. The van der Waals surface area contributed by atoms with Crippen molar-refractivity contribution in [2.24, 2.45) is 11.3 Å². The number of nitrogens with one attached hydrogen (secondary N) is 1. The number of furan rings is 1. The molecule has 6 nitrogen and oxygen atoms in total. The number of carbonyl (C=O) groups is 2. The number of hydrogen-bond donors (Lipinski definition) is 1. The van der Waals surface area contributed by atoms with Crippen molar-refractivity contribution in [3.05, 3.63) is 23.7 Å². The van der Waals surface area contributed by atoms with Gasteiger partial charge in [-0.15, -0.1) is 0 Å². The van der Waals surface area contributed by atoms with Gasteiger partial charge in [0.05, 0.1) is 0 Å². The molecule has 3 aliphatic heterocycles. The molecular weight excluding hydrogens is 342 g/mol. The SMILES string of the molecule is CCc1ccc(C(=O)N2CCC(C(=O)N3CCC4(CCNC4)CC3)CC2)o1. The lowest BCUT2D eigenvalue weighted by atomic mass is 9.77. The molecule has 1 aromatic heterocycles. The molecule has 0 aliphatic carbocycles. The smallest absolute Gasteiger partial charge is 0.289 e. The average molecular weight is 373 g/mol. The lowest BCUT2D eigenvalue weighted by molar-refractivity contribution is -0.139. The Morgan fingerprint density at radius 2 is 1.85 bits per heavy atom. The van der Waals surface area contributed by atoms with E-state index in [1.807, 2.05) is 17.9 Å². The van der Waals surface area contributed by atoms with Crippen LogP contribution in [0.15, 0.2) is 16.5 Å². The van der Waals surface area contributed by atoms with Crippen molar-refractivity contribution in [2.45, 2.75) is 45.4 Å². The monoisotopic (exact) mass is 373 g/mol. The maximum absolute atomic E-state index is 12.9. The summed E-state index contributed by atoms with van der Waals surface area (Å²) in [7, 11) is 0. The topological polar surface area (TPSA) is 65.8 Å². The number of aryl methyl sites for hydroxylation is 1. The molecule has 1 aromatic rings. The predicted octanol–water partition coefficient (Wildman–Crippen LogP) is 2.30. The van der Waals surface area contributed by atoms with Gasteiger partial charge in [-0.2, -0.15) is 0 Å². The number of carbonyl (C=O) groups excluding carboxylic acids is 2. The third-order valence-electron chi connectivity index (χ3n) is 6.82. The summed E-state index contributed by atoms with van der Waals surface area (Å²) < 4.78 is 5.59. The first kappa shape index (κ1) is 18.5. The Bertz CT molecular complexity index is 675. The lowest BCUT2D eigenvalue weighted by Gasteiger charge is -2.41. The third kappa shape index (κ3) is 3.77. The van der Waals surface area contributed by atoms with Crippen LogP contribution in [0.2, 0.25) is 0 Å². The Hall–Kier alpha value is -1.82. The van der Waals surface area contributed by atoms with Gasteiger partial charge in [0.25, 0.3) is 5.91 Å². The molecule has 4 rings (SSSR count). The Morgan fingerprint density at radius 3 is 2.44 bits per heavy atom. The highest BCUT2D eigenvalue weighted by Crippen LogP contribution is 2.37. The number of piperidine rings is 2. The fraction of sp³-hybridized carbons (Fsp3) is 0.714. The highest BCUT2D eigenvalue weighted by molar-refractivity contribution is 5.91. The molecule has 0 saturated carbocycles. The zero-order chi connectivity index (χ0) is 18.9. The van der Waals surface area contributed by atoms with E-state index in [0.717, 1.165) is 64.0 Å². The molecule has 0 aromatic carbocycles. The van der Waals surface area contributed by atoms with Gasteiger partial charge >= 0.3 is 0 Å².